The second-order valence-electron chi connectivity index (χ2n) is 7.83. The summed E-state index contributed by atoms with van der Waals surface area (Å²) in [7, 11) is 0. The highest BCUT2D eigenvalue weighted by molar-refractivity contribution is 7.80. The average Bonchev–Trinajstić information content (AvgIpc) is 3.26. The van der Waals surface area contributed by atoms with Crippen LogP contribution in [0, 0.1) is 13.8 Å². The molecule has 0 saturated carbocycles. The van der Waals surface area contributed by atoms with Crippen LogP contribution in [0.2, 0.25) is 0 Å². The largest absolute Gasteiger partial charge is 0.465 e. The predicted octanol–water partition coefficient (Wildman–Crippen LogP) is 3.48. The number of hydrogen-bond acceptors (Lipinski definition) is 5. The fourth-order valence-electron chi connectivity index (χ4n) is 4.30. The van der Waals surface area contributed by atoms with Gasteiger partial charge in [-0.1, -0.05) is 6.07 Å². The summed E-state index contributed by atoms with van der Waals surface area (Å²) in [4.78, 5) is 23.0. The van der Waals surface area contributed by atoms with E-state index < -0.39 is 0 Å². The van der Waals surface area contributed by atoms with Crippen molar-refractivity contribution >= 4 is 23.3 Å². The van der Waals surface area contributed by atoms with Gasteiger partial charge < -0.3 is 19.5 Å². The number of esters is 1. The summed E-state index contributed by atoms with van der Waals surface area (Å²) in [6.45, 7) is 7.19. The van der Waals surface area contributed by atoms with Crippen LogP contribution in [-0.2, 0) is 16.1 Å². The Morgan fingerprint density at radius 2 is 1.97 bits per heavy atom. The van der Waals surface area contributed by atoms with Crippen molar-refractivity contribution in [1.82, 2.24) is 24.8 Å². The van der Waals surface area contributed by atoms with E-state index in [0.717, 1.165) is 29.2 Å². The minimum absolute atomic E-state index is 0.0850. The quantitative estimate of drug-likeness (QED) is 0.437. The molecule has 8 heteroatoms. The van der Waals surface area contributed by atoms with Gasteiger partial charge >= 0.3 is 5.97 Å². The van der Waals surface area contributed by atoms with Crippen LogP contribution in [0.3, 0.4) is 0 Å². The van der Waals surface area contributed by atoms with Gasteiger partial charge in [-0.15, -0.1) is 0 Å². The lowest BCUT2D eigenvalue weighted by Crippen LogP contribution is -2.35. The zero-order valence-corrected chi connectivity index (χ0v) is 19.3. The Kier molecular flexibility index (Phi) is 6.50. The number of aryl methyl sites for hydroxylation is 1. The topological polar surface area (TPSA) is 72.3 Å². The Balaban J connectivity index is 1.74. The molecule has 0 aromatic carbocycles. The number of ether oxygens (including phenoxy) is 1. The first-order chi connectivity index (χ1) is 15.5. The van der Waals surface area contributed by atoms with Crippen molar-refractivity contribution in [3.05, 3.63) is 83.2 Å². The number of rotatable bonds is 7. The summed E-state index contributed by atoms with van der Waals surface area (Å²) in [5.74, 6) is -0.297. The fraction of sp³-hybridized carbons (Fsp3) is 0.333. The van der Waals surface area contributed by atoms with Crippen LogP contribution in [0.25, 0.3) is 0 Å². The Morgan fingerprint density at radius 1 is 1.19 bits per heavy atom. The number of aromatic nitrogens is 3. The third-order valence-electron chi connectivity index (χ3n) is 5.82. The van der Waals surface area contributed by atoms with E-state index in [1.54, 1.807) is 13.1 Å². The van der Waals surface area contributed by atoms with E-state index in [2.05, 4.69) is 39.8 Å². The van der Waals surface area contributed by atoms with Crippen LogP contribution in [-0.4, -0.2) is 43.7 Å². The average molecular weight is 450 g/mol. The molecule has 0 radical (unpaired) electrons. The highest BCUT2D eigenvalue weighted by Crippen LogP contribution is 2.40. The van der Waals surface area contributed by atoms with Gasteiger partial charge in [-0.2, -0.15) is 0 Å². The first-order valence-electron chi connectivity index (χ1n) is 10.7. The van der Waals surface area contributed by atoms with Crippen molar-refractivity contribution in [2.24, 2.45) is 0 Å². The van der Waals surface area contributed by atoms with E-state index in [1.807, 2.05) is 47.6 Å². The number of pyridine rings is 2. The van der Waals surface area contributed by atoms with Crippen molar-refractivity contribution in [2.75, 3.05) is 13.2 Å². The SMILES string of the molecule is CCOC(=O)CN1C(=S)N[C@H](c2ccccn2)[C@@H]1c1cc(C)n(Cc2ccncc2)c1C. The Labute approximate surface area is 193 Å². The van der Waals surface area contributed by atoms with Crippen molar-refractivity contribution in [1.29, 1.82) is 0 Å². The summed E-state index contributed by atoms with van der Waals surface area (Å²) in [5, 5.41) is 3.92. The van der Waals surface area contributed by atoms with Crippen LogP contribution < -0.4 is 5.32 Å². The Bertz CT molecular complexity index is 1100. The molecule has 0 unspecified atom stereocenters. The third kappa shape index (κ3) is 4.36. The summed E-state index contributed by atoms with van der Waals surface area (Å²) in [6, 6.07) is 11.7. The standard InChI is InChI=1S/C24H27N5O2S/c1-4-31-21(30)15-29-23(22(27-24(29)32)20-7-5-6-10-26-20)19-13-16(2)28(17(19)3)14-18-8-11-25-12-9-18/h5-13,22-23H,4,14-15H2,1-3H3,(H,27,32)/t22-,23+/m1/s1. The van der Waals surface area contributed by atoms with Crippen molar-refractivity contribution in [3.63, 3.8) is 0 Å². The molecular weight excluding hydrogens is 422 g/mol. The van der Waals surface area contributed by atoms with Crippen LogP contribution in [0.15, 0.2) is 55.0 Å². The zero-order chi connectivity index (χ0) is 22.7. The van der Waals surface area contributed by atoms with Gasteiger partial charge in [0.25, 0.3) is 0 Å². The molecule has 1 N–H and O–H groups in total. The molecule has 4 rings (SSSR count). The van der Waals surface area contributed by atoms with Gasteiger partial charge in [-0.3, -0.25) is 14.8 Å². The molecule has 1 aliphatic heterocycles. The summed E-state index contributed by atoms with van der Waals surface area (Å²) in [5.41, 5.74) is 5.45. The predicted molar refractivity (Wildman–Crippen MR) is 126 cm³/mol. The molecule has 3 aromatic rings. The van der Waals surface area contributed by atoms with Crippen LogP contribution in [0.1, 0.15) is 47.2 Å². The van der Waals surface area contributed by atoms with E-state index in [9.17, 15) is 4.79 Å². The van der Waals surface area contributed by atoms with E-state index in [4.69, 9.17) is 17.0 Å². The normalized spacial score (nSPS) is 18.0. The summed E-state index contributed by atoms with van der Waals surface area (Å²) < 4.78 is 7.50. The summed E-state index contributed by atoms with van der Waals surface area (Å²) >= 11 is 5.65. The number of nitrogens with zero attached hydrogens (tertiary/aromatic N) is 4. The monoisotopic (exact) mass is 449 g/mol. The van der Waals surface area contributed by atoms with Crippen molar-refractivity contribution in [3.8, 4) is 0 Å². The number of hydrogen-bond donors (Lipinski definition) is 1. The van der Waals surface area contributed by atoms with Gasteiger partial charge in [0.2, 0.25) is 0 Å². The van der Waals surface area contributed by atoms with Gasteiger partial charge in [-0.25, -0.2) is 0 Å². The molecule has 1 fully saturated rings. The van der Waals surface area contributed by atoms with E-state index >= 15 is 0 Å². The molecule has 3 aromatic heterocycles. The number of carbonyl (C=O) groups is 1. The van der Waals surface area contributed by atoms with Gasteiger partial charge in [-0.05, 0) is 74.4 Å². The molecule has 4 heterocycles. The zero-order valence-electron chi connectivity index (χ0n) is 18.5. The highest BCUT2D eigenvalue weighted by atomic mass is 32.1. The van der Waals surface area contributed by atoms with Gasteiger partial charge in [0.05, 0.1) is 24.4 Å². The highest BCUT2D eigenvalue weighted by Gasteiger charge is 2.42. The minimum Gasteiger partial charge on any atom is -0.465 e. The van der Waals surface area contributed by atoms with Crippen LogP contribution in [0.4, 0.5) is 0 Å². The molecule has 166 valence electrons. The second-order valence-corrected chi connectivity index (χ2v) is 8.21. The van der Waals surface area contributed by atoms with Gasteiger partial charge in [0.15, 0.2) is 5.11 Å². The number of carbonyl (C=O) groups excluding carboxylic acids is 1. The van der Waals surface area contributed by atoms with Gasteiger partial charge in [0, 0.05) is 36.5 Å². The molecule has 0 aliphatic carbocycles. The first kappa shape index (κ1) is 22.0. The lowest BCUT2D eigenvalue weighted by Gasteiger charge is -2.27. The third-order valence-corrected chi connectivity index (χ3v) is 6.18. The fourth-order valence-corrected chi connectivity index (χ4v) is 4.61. The first-order valence-corrected chi connectivity index (χ1v) is 11.1. The maximum absolute atomic E-state index is 12.4. The lowest BCUT2D eigenvalue weighted by molar-refractivity contribution is -0.143. The molecule has 1 saturated heterocycles. The summed E-state index contributed by atoms with van der Waals surface area (Å²) in [6.07, 6.45) is 5.39. The maximum Gasteiger partial charge on any atom is 0.325 e. The molecular formula is C24H27N5O2S. The van der Waals surface area contributed by atoms with E-state index in [-0.39, 0.29) is 24.6 Å². The molecule has 1 aliphatic rings. The second kappa shape index (κ2) is 9.48. The molecule has 2 atom stereocenters. The molecule has 0 bridgehead atoms. The lowest BCUT2D eigenvalue weighted by atomic mass is 9.97. The van der Waals surface area contributed by atoms with E-state index in [1.165, 1.54) is 5.56 Å². The molecule has 32 heavy (non-hydrogen) atoms. The molecule has 0 spiro atoms. The molecule has 7 nitrogen and oxygen atoms in total. The smallest absolute Gasteiger partial charge is 0.325 e. The minimum atomic E-state index is -0.297. The van der Waals surface area contributed by atoms with Crippen LogP contribution in [0.5, 0.6) is 0 Å². The number of nitrogens with one attached hydrogen (secondary N) is 1. The van der Waals surface area contributed by atoms with Crippen molar-refractivity contribution < 1.29 is 9.53 Å². The molecule has 0 amide bonds. The van der Waals surface area contributed by atoms with Gasteiger partial charge in [0.1, 0.15) is 6.54 Å². The van der Waals surface area contributed by atoms with E-state index in [0.29, 0.717) is 11.7 Å². The Morgan fingerprint density at radius 3 is 2.66 bits per heavy atom. The van der Waals surface area contributed by atoms with Crippen LogP contribution >= 0.6 is 12.2 Å². The maximum atomic E-state index is 12.4. The van der Waals surface area contributed by atoms with Crippen molar-refractivity contribution in [2.45, 2.75) is 39.4 Å². The number of thiocarbonyl (C=S) groups is 1. The Hall–Kier alpha value is -3.26.